The Labute approximate surface area is 200 Å². The summed E-state index contributed by atoms with van der Waals surface area (Å²) in [5, 5.41) is 15.1. The summed E-state index contributed by atoms with van der Waals surface area (Å²) in [6.45, 7) is 1.76. The van der Waals surface area contributed by atoms with Crippen LogP contribution < -0.4 is 26.1 Å². The zero-order chi connectivity index (χ0) is 24.9. The van der Waals surface area contributed by atoms with Gasteiger partial charge in [0.05, 0.1) is 19.4 Å². The third-order valence-electron chi connectivity index (χ3n) is 5.42. The number of aromatic nitrogens is 4. The molecule has 1 unspecified atom stereocenters. The Balaban J connectivity index is 1.62. The first-order chi connectivity index (χ1) is 16.9. The van der Waals surface area contributed by atoms with Crippen molar-refractivity contribution in [1.29, 1.82) is 0 Å². The maximum atomic E-state index is 12.6. The smallest absolute Gasteiger partial charge is 0.329 e. The van der Waals surface area contributed by atoms with Gasteiger partial charge in [0.15, 0.2) is 11.2 Å². The number of hydrogen-bond donors (Lipinski definition) is 3. The number of aliphatic hydroxyl groups excluding tert-OH is 1. The van der Waals surface area contributed by atoms with Crippen molar-refractivity contribution in [3.05, 3.63) is 81.0 Å². The van der Waals surface area contributed by atoms with Gasteiger partial charge in [-0.3, -0.25) is 14.3 Å². The molecule has 0 aliphatic heterocycles. The van der Waals surface area contributed by atoms with E-state index in [1.54, 1.807) is 31.4 Å². The van der Waals surface area contributed by atoms with Crippen LogP contribution in [0.3, 0.4) is 0 Å². The summed E-state index contributed by atoms with van der Waals surface area (Å²) in [7, 11) is 3.08. The largest absolute Gasteiger partial charge is 0.497 e. The van der Waals surface area contributed by atoms with Crippen LogP contribution in [-0.2, 0) is 13.6 Å². The van der Waals surface area contributed by atoms with Gasteiger partial charge in [0.2, 0.25) is 5.95 Å². The Hall–Kier alpha value is -4.38. The number of hydrogen-bond acceptors (Lipinski definition) is 8. The van der Waals surface area contributed by atoms with E-state index in [1.165, 1.54) is 16.2 Å². The normalized spacial score (nSPS) is 12.5. The lowest BCUT2D eigenvalue weighted by Crippen LogP contribution is -2.30. The first-order valence-electron chi connectivity index (χ1n) is 10.9. The van der Waals surface area contributed by atoms with E-state index in [4.69, 9.17) is 9.47 Å². The van der Waals surface area contributed by atoms with Gasteiger partial charge in [0.1, 0.15) is 24.2 Å². The van der Waals surface area contributed by atoms with Crippen molar-refractivity contribution in [3.8, 4) is 11.5 Å². The number of hydrazone groups is 1. The molecule has 0 aliphatic carbocycles. The van der Waals surface area contributed by atoms with Crippen molar-refractivity contribution in [2.75, 3.05) is 19.1 Å². The lowest BCUT2D eigenvalue weighted by atomic mass is 10.1. The molecular weight excluding hydrogens is 452 g/mol. The number of aryl methyl sites for hydroxylation is 1. The zero-order valence-corrected chi connectivity index (χ0v) is 19.6. The summed E-state index contributed by atoms with van der Waals surface area (Å²) < 4.78 is 13.5. The molecule has 35 heavy (non-hydrogen) atoms. The Morgan fingerprint density at radius 2 is 1.83 bits per heavy atom. The molecule has 11 nitrogen and oxygen atoms in total. The first-order valence-corrected chi connectivity index (χ1v) is 10.9. The lowest BCUT2D eigenvalue weighted by molar-refractivity contribution is 0.0938. The summed E-state index contributed by atoms with van der Waals surface area (Å²) in [4.78, 5) is 31.4. The van der Waals surface area contributed by atoms with Crippen LogP contribution in [0.5, 0.6) is 11.5 Å². The van der Waals surface area contributed by atoms with E-state index in [0.717, 1.165) is 5.56 Å². The van der Waals surface area contributed by atoms with Crippen molar-refractivity contribution in [2.24, 2.45) is 12.1 Å². The summed E-state index contributed by atoms with van der Waals surface area (Å²) in [5.74, 6) is 1.45. The Kier molecular flexibility index (Phi) is 6.97. The Morgan fingerprint density at radius 1 is 1.14 bits per heavy atom. The molecule has 0 fully saturated rings. The molecule has 0 radical (unpaired) electrons. The van der Waals surface area contributed by atoms with Gasteiger partial charge in [-0.15, -0.1) is 0 Å². The van der Waals surface area contributed by atoms with Crippen molar-refractivity contribution in [3.63, 3.8) is 0 Å². The fraction of sp³-hybridized carbons (Fsp3) is 0.250. The number of methoxy groups -OCH3 is 1. The number of imidazole rings is 1. The van der Waals surface area contributed by atoms with E-state index < -0.39 is 17.4 Å². The number of rotatable bonds is 9. The number of nitrogens with one attached hydrogen (secondary N) is 2. The van der Waals surface area contributed by atoms with Crippen molar-refractivity contribution < 1.29 is 14.6 Å². The number of ether oxygens (including phenoxy) is 2. The van der Waals surface area contributed by atoms with Gasteiger partial charge in [0.25, 0.3) is 5.56 Å². The second kappa shape index (κ2) is 10.3. The van der Waals surface area contributed by atoms with Gasteiger partial charge in [-0.05, 0) is 36.8 Å². The number of fused-ring (bicyclic) bond motifs is 1. The average molecular weight is 479 g/mol. The Morgan fingerprint density at radius 3 is 2.51 bits per heavy atom. The molecule has 0 saturated heterocycles. The minimum Gasteiger partial charge on any atom is -0.497 e. The molecular formula is C24H26N6O5. The first kappa shape index (κ1) is 23.8. The summed E-state index contributed by atoms with van der Waals surface area (Å²) >= 11 is 0. The highest BCUT2D eigenvalue weighted by molar-refractivity contribution is 5.99. The maximum Gasteiger partial charge on any atom is 0.329 e. The molecule has 0 spiro atoms. The van der Waals surface area contributed by atoms with Gasteiger partial charge in [-0.25, -0.2) is 10.2 Å². The van der Waals surface area contributed by atoms with Crippen molar-refractivity contribution in [2.45, 2.75) is 19.6 Å². The third-order valence-corrected chi connectivity index (χ3v) is 5.42. The molecule has 2 aromatic carbocycles. The number of aromatic amines is 1. The molecule has 1 atom stereocenters. The quantitative estimate of drug-likeness (QED) is 0.246. The van der Waals surface area contributed by atoms with Crippen LogP contribution in [0.1, 0.15) is 12.5 Å². The molecule has 0 amide bonds. The molecule has 0 bridgehead atoms. The number of H-pyrrole nitrogens is 1. The lowest BCUT2D eigenvalue weighted by Gasteiger charge is -2.15. The molecule has 3 N–H and O–H groups in total. The molecule has 182 valence electrons. The highest BCUT2D eigenvalue weighted by atomic mass is 16.5. The highest BCUT2D eigenvalue weighted by Crippen LogP contribution is 2.19. The van der Waals surface area contributed by atoms with Gasteiger partial charge in [-0.1, -0.05) is 30.3 Å². The second-order valence-corrected chi connectivity index (χ2v) is 7.85. The summed E-state index contributed by atoms with van der Waals surface area (Å²) in [5.41, 5.74) is 3.55. The molecule has 11 heteroatoms. The van der Waals surface area contributed by atoms with Crippen molar-refractivity contribution >= 4 is 22.8 Å². The van der Waals surface area contributed by atoms with Crippen LogP contribution in [0.25, 0.3) is 11.2 Å². The fourth-order valence-corrected chi connectivity index (χ4v) is 3.50. The van der Waals surface area contributed by atoms with Crippen LogP contribution in [0.4, 0.5) is 5.95 Å². The monoisotopic (exact) mass is 478 g/mol. The van der Waals surface area contributed by atoms with E-state index in [-0.39, 0.29) is 30.3 Å². The van der Waals surface area contributed by atoms with Gasteiger partial charge in [0, 0.05) is 7.05 Å². The average Bonchev–Trinajstić information content (AvgIpc) is 3.24. The zero-order valence-electron chi connectivity index (χ0n) is 19.6. The molecule has 2 aromatic heterocycles. The van der Waals surface area contributed by atoms with Crippen LogP contribution >= 0.6 is 0 Å². The number of nitrogens with zero attached hydrogens (tertiary/aromatic N) is 4. The predicted molar refractivity (Wildman–Crippen MR) is 132 cm³/mol. The van der Waals surface area contributed by atoms with E-state index in [9.17, 15) is 14.7 Å². The van der Waals surface area contributed by atoms with Gasteiger partial charge >= 0.3 is 5.69 Å². The minimum atomic E-state index is -0.995. The molecule has 2 heterocycles. The van der Waals surface area contributed by atoms with E-state index in [1.807, 2.05) is 37.3 Å². The van der Waals surface area contributed by atoms with E-state index in [0.29, 0.717) is 17.2 Å². The molecule has 0 aliphatic rings. The standard InChI is InChI=1S/C24H26N6O5/c1-15(16-7-5-4-6-8-16)27-28-23-25-21-20(22(32)26-24(33)29(21)2)30(23)13-17(31)14-35-19-11-9-18(34-3)10-12-19/h4-12,17,31H,13-14H2,1-3H3,(H,25,28)(H,26,32,33). The number of benzene rings is 2. The third kappa shape index (κ3) is 5.25. The minimum absolute atomic E-state index is 0.0316. The van der Waals surface area contributed by atoms with Crippen LogP contribution in [0, 0.1) is 0 Å². The van der Waals surface area contributed by atoms with E-state index >= 15 is 0 Å². The molecule has 4 aromatic rings. The number of aliphatic hydroxyl groups is 1. The SMILES string of the molecule is COc1ccc(OCC(O)Cn2c(NN=C(C)c3ccccc3)nc3c2c(=O)[nH]c(=O)n3C)cc1. The summed E-state index contributed by atoms with van der Waals surface area (Å²) in [6.07, 6.45) is -0.995. The second-order valence-electron chi connectivity index (χ2n) is 7.85. The van der Waals surface area contributed by atoms with Crippen LogP contribution in [-0.4, -0.2) is 49.7 Å². The molecule has 4 rings (SSSR count). The van der Waals surface area contributed by atoms with Gasteiger partial charge < -0.3 is 19.1 Å². The van der Waals surface area contributed by atoms with Gasteiger partial charge in [-0.2, -0.15) is 10.1 Å². The molecule has 0 saturated carbocycles. The summed E-state index contributed by atoms with van der Waals surface area (Å²) in [6, 6.07) is 16.5. The Bertz CT molecular complexity index is 1450. The van der Waals surface area contributed by atoms with Crippen molar-refractivity contribution in [1.82, 2.24) is 19.1 Å². The predicted octanol–water partition coefficient (Wildman–Crippen LogP) is 1.71. The topological polar surface area (TPSA) is 136 Å². The van der Waals surface area contributed by atoms with Crippen LogP contribution in [0.2, 0.25) is 0 Å². The fourth-order valence-electron chi connectivity index (χ4n) is 3.50. The number of anilines is 1. The van der Waals surface area contributed by atoms with Crippen LogP contribution in [0.15, 0.2) is 69.3 Å². The maximum absolute atomic E-state index is 12.6. The highest BCUT2D eigenvalue weighted by Gasteiger charge is 2.20. The van der Waals surface area contributed by atoms with E-state index in [2.05, 4.69) is 20.5 Å².